The van der Waals surface area contributed by atoms with Gasteiger partial charge in [0.1, 0.15) is 6.61 Å². The molecule has 220 valence electrons. The lowest BCUT2D eigenvalue weighted by Crippen LogP contribution is -2.09. The van der Waals surface area contributed by atoms with E-state index in [2.05, 4.69) is 6.92 Å². The smallest absolute Gasteiger partial charge is 0.201 e. The number of unbranched alkanes of at least 4 members (excludes halogenated alkanes) is 3. The molecule has 3 aromatic carbocycles. The van der Waals surface area contributed by atoms with E-state index in [1.165, 1.54) is 30.3 Å². The fourth-order valence-corrected chi connectivity index (χ4v) is 4.99. The van der Waals surface area contributed by atoms with E-state index in [1.54, 1.807) is 19.1 Å². The Labute approximate surface area is 237 Å². The quantitative estimate of drug-likeness (QED) is 0.150. The van der Waals surface area contributed by atoms with Crippen LogP contribution in [-0.2, 0) is 6.61 Å². The zero-order valence-corrected chi connectivity index (χ0v) is 23.4. The van der Waals surface area contributed by atoms with Gasteiger partial charge in [0.05, 0.1) is 13.2 Å². The molecular formula is C33H35F5O3. The Morgan fingerprint density at radius 3 is 2.17 bits per heavy atom. The first-order chi connectivity index (χ1) is 19.8. The Hall–Kier alpha value is -3.55. The molecule has 4 rings (SSSR count). The van der Waals surface area contributed by atoms with Crippen LogP contribution in [0.15, 0.2) is 48.5 Å². The van der Waals surface area contributed by atoms with Crippen molar-refractivity contribution in [1.82, 2.24) is 0 Å². The monoisotopic (exact) mass is 574 g/mol. The molecule has 0 aromatic heterocycles. The SMILES string of the molecule is CCCCCCOc1ccc(COc2ccc(C3=CCC(c4ccc(OCC)c(F)c4F)CC3)cc2F)c(F)c1F. The highest BCUT2D eigenvalue weighted by atomic mass is 19.2. The molecule has 0 fully saturated rings. The van der Waals surface area contributed by atoms with Crippen LogP contribution >= 0.6 is 0 Å². The topological polar surface area (TPSA) is 27.7 Å². The van der Waals surface area contributed by atoms with Gasteiger partial charge in [0.2, 0.25) is 11.6 Å². The predicted molar refractivity (Wildman–Crippen MR) is 149 cm³/mol. The van der Waals surface area contributed by atoms with Gasteiger partial charge in [-0.2, -0.15) is 8.78 Å². The van der Waals surface area contributed by atoms with Gasteiger partial charge in [-0.1, -0.05) is 44.4 Å². The Bertz CT molecular complexity index is 1370. The minimum Gasteiger partial charge on any atom is -0.491 e. The highest BCUT2D eigenvalue weighted by Gasteiger charge is 2.24. The third-order valence-corrected chi connectivity index (χ3v) is 7.30. The Morgan fingerprint density at radius 2 is 1.46 bits per heavy atom. The van der Waals surface area contributed by atoms with Gasteiger partial charge in [-0.15, -0.1) is 0 Å². The summed E-state index contributed by atoms with van der Waals surface area (Å²) in [7, 11) is 0. The number of hydrogen-bond donors (Lipinski definition) is 0. The van der Waals surface area contributed by atoms with Crippen LogP contribution in [0.2, 0.25) is 0 Å². The van der Waals surface area contributed by atoms with Gasteiger partial charge in [0.15, 0.2) is 34.7 Å². The molecule has 3 nitrogen and oxygen atoms in total. The highest BCUT2D eigenvalue weighted by Crippen LogP contribution is 2.39. The van der Waals surface area contributed by atoms with Crippen LogP contribution in [0, 0.1) is 29.1 Å². The van der Waals surface area contributed by atoms with Crippen molar-refractivity contribution in [3.8, 4) is 17.2 Å². The summed E-state index contributed by atoms with van der Waals surface area (Å²) in [5.41, 5.74) is 1.77. The van der Waals surface area contributed by atoms with E-state index in [9.17, 15) is 22.0 Å². The molecule has 0 amide bonds. The molecular weight excluding hydrogens is 539 g/mol. The van der Waals surface area contributed by atoms with Crippen molar-refractivity contribution >= 4 is 5.57 Å². The first kappa shape index (κ1) is 30.4. The summed E-state index contributed by atoms with van der Waals surface area (Å²) in [5.74, 6) is -5.25. The van der Waals surface area contributed by atoms with E-state index < -0.39 is 29.1 Å². The third-order valence-electron chi connectivity index (χ3n) is 7.30. The second-order valence-corrected chi connectivity index (χ2v) is 10.1. The van der Waals surface area contributed by atoms with Gasteiger partial charge >= 0.3 is 0 Å². The average molecular weight is 575 g/mol. The van der Waals surface area contributed by atoms with Crippen LogP contribution in [0.25, 0.3) is 5.57 Å². The summed E-state index contributed by atoms with van der Waals surface area (Å²) in [6.45, 7) is 3.97. The van der Waals surface area contributed by atoms with E-state index in [0.29, 0.717) is 37.0 Å². The second kappa shape index (κ2) is 14.4. The number of ether oxygens (including phenoxy) is 3. The second-order valence-electron chi connectivity index (χ2n) is 10.1. The fourth-order valence-electron chi connectivity index (χ4n) is 4.99. The van der Waals surface area contributed by atoms with Crippen LogP contribution in [0.1, 0.15) is 81.4 Å². The lowest BCUT2D eigenvalue weighted by atomic mass is 9.82. The summed E-state index contributed by atoms with van der Waals surface area (Å²) < 4.78 is 88.8. The number of halogens is 5. The van der Waals surface area contributed by atoms with E-state index in [4.69, 9.17) is 14.2 Å². The van der Waals surface area contributed by atoms with Gasteiger partial charge in [0, 0.05) is 5.56 Å². The van der Waals surface area contributed by atoms with E-state index in [1.807, 2.05) is 6.08 Å². The number of hydrogen-bond acceptors (Lipinski definition) is 3. The van der Waals surface area contributed by atoms with Crippen molar-refractivity contribution in [3.05, 3.63) is 94.3 Å². The number of allylic oxidation sites excluding steroid dienone is 2. The van der Waals surface area contributed by atoms with E-state index in [0.717, 1.165) is 31.3 Å². The van der Waals surface area contributed by atoms with Crippen molar-refractivity contribution in [2.75, 3.05) is 13.2 Å². The molecule has 1 unspecified atom stereocenters. The van der Waals surface area contributed by atoms with Crippen molar-refractivity contribution < 1.29 is 36.2 Å². The summed E-state index contributed by atoms with van der Waals surface area (Å²) in [6.07, 6.45) is 7.34. The molecule has 3 aromatic rings. The lowest BCUT2D eigenvalue weighted by molar-refractivity contribution is 0.271. The maximum Gasteiger partial charge on any atom is 0.201 e. The molecule has 0 saturated carbocycles. The van der Waals surface area contributed by atoms with Crippen molar-refractivity contribution in [2.45, 2.75) is 71.3 Å². The molecule has 0 spiro atoms. The van der Waals surface area contributed by atoms with Crippen LogP contribution in [-0.4, -0.2) is 13.2 Å². The van der Waals surface area contributed by atoms with E-state index >= 15 is 0 Å². The molecule has 1 aliphatic rings. The van der Waals surface area contributed by atoms with Crippen LogP contribution in [0.5, 0.6) is 17.2 Å². The summed E-state index contributed by atoms with van der Waals surface area (Å²) in [6, 6.07) is 10.2. The van der Waals surface area contributed by atoms with Crippen LogP contribution in [0.4, 0.5) is 22.0 Å². The summed E-state index contributed by atoms with van der Waals surface area (Å²) in [5, 5.41) is 0. The first-order valence-corrected chi connectivity index (χ1v) is 14.2. The highest BCUT2D eigenvalue weighted by molar-refractivity contribution is 5.67. The van der Waals surface area contributed by atoms with Crippen LogP contribution < -0.4 is 14.2 Å². The predicted octanol–water partition coefficient (Wildman–Crippen LogP) is 9.67. The number of benzene rings is 3. The minimum atomic E-state index is -1.09. The maximum atomic E-state index is 14.9. The fraction of sp³-hybridized carbons (Fsp3) is 0.394. The largest absolute Gasteiger partial charge is 0.491 e. The molecule has 0 N–H and O–H groups in total. The van der Waals surface area contributed by atoms with Gasteiger partial charge in [-0.05, 0) is 85.6 Å². The molecule has 0 saturated heterocycles. The third kappa shape index (κ3) is 7.40. The van der Waals surface area contributed by atoms with Crippen molar-refractivity contribution in [2.24, 2.45) is 0 Å². The van der Waals surface area contributed by atoms with Crippen LogP contribution in [0.3, 0.4) is 0 Å². The molecule has 41 heavy (non-hydrogen) atoms. The normalized spacial score (nSPS) is 15.0. The first-order valence-electron chi connectivity index (χ1n) is 14.2. The molecule has 1 aliphatic carbocycles. The van der Waals surface area contributed by atoms with Crippen molar-refractivity contribution in [3.63, 3.8) is 0 Å². The standard InChI is InChI=1S/C33H35F5O3/c1-3-5-6-7-18-40-29-16-13-24(30(35)32(29)37)20-41-27-15-12-23(19-26(27)34)21-8-10-22(11-9-21)25-14-17-28(39-4-2)33(38)31(25)36/h8,12-17,19,22H,3-7,9-11,18,20H2,1-2H3. The molecule has 0 radical (unpaired) electrons. The lowest BCUT2D eigenvalue weighted by Gasteiger charge is -2.23. The summed E-state index contributed by atoms with van der Waals surface area (Å²) in [4.78, 5) is 0. The zero-order valence-electron chi connectivity index (χ0n) is 23.4. The molecule has 0 bridgehead atoms. The number of rotatable bonds is 13. The average Bonchev–Trinajstić information content (AvgIpc) is 2.98. The molecule has 8 heteroatoms. The van der Waals surface area contributed by atoms with E-state index in [-0.39, 0.29) is 41.9 Å². The Morgan fingerprint density at radius 1 is 0.732 bits per heavy atom. The Balaban J connectivity index is 1.36. The molecule has 0 heterocycles. The van der Waals surface area contributed by atoms with Gasteiger partial charge in [-0.3, -0.25) is 0 Å². The Kier molecular flexibility index (Phi) is 10.7. The molecule has 0 aliphatic heterocycles. The minimum absolute atomic E-state index is 0.0525. The maximum absolute atomic E-state index is 14.9. The van der Waals surface area contributed by atoms with Gasteiger partial charge < -0.3 is 14.2 Å². The summed E-state index contributed by atoms with van der Waals surface area (Å²) >= 11 is 0. The van der Waals surface area contributed by atoms with Gasteiger partial charge in [-0.25, -0.2) is 13.2 Å². The zero-order chi connectivity index (χ0) is 29.4. The van der Waals surface area contributed by atoms with Gasteiger partial charge in [0.25, 0.3) is 0 Å². The molecule has 1 atom stereocenters. The van der Waals surface area contributed by atoms with Crippen molar-refractivity contribution in [1.29, 1.82) is 0 Å².